The summed E-state index contributed by atoms with van der Waals surface area (Å²) in [6.45, 7) is 1.98. The molecule has 3 N–H and O–H groups in total. The van der Waals surface area contributed by atoms with Crippen LogP contribution in [0.25, 0.3) is 0 Å². The molecule has 0 atom stereocenters. The Balaban J connectivity index is 1.56. The molecule has 3 rings (SSSR count). The Morgan fingerprint density at radius 3 is 2.54 bits per heavy atom. The van der Waals surface area contributed by atoms with Gasteiger partial charge in [-0.3, -0.25) is 0 Å². The first-order valence-corrected chi connectivity index (χ1v) is 9.13. The second-order valence-electron chi connectivity index (χ2n) is 7.06. The van der Waals surface area contributed by atoms with Crippen LogP contribution in [0, 0.1) is 6.92 Å². The summed E-state index contributed by atoms with van der Waals surface area (Å²) < 4.78 is 6.09. The zero-order valence-corrected chi connectivity index (χ0v) is 14.4. The number of nitrogens with one attached hydrogen (secondary N) is 2. The molecule has 5 heteroatoms. The van der Waals surface area contributed by atoms with Crippen molar-refractivity contribution in [3.63, 3.8) is 0 Å². The highest BCUT2D eigenvalue weighted by Crippen LogP contribution is 2.30. The predicted molar refractivity (Wildman–Crippen MR) is 94.5 cm³/mol. The molecular formula is C19H28N2O3. The van der Waals surface area contributed by atoms with Gasteiger partial charge in [0.2, 0.25) is 0 Å². The van der Waals surface area contributed by atoms with Gasteiger partial charge in [0.25, 0.3) is 0 Å². The van der Waals surface area contributed by atoms with E-state index < -0.39 is 0 Å². The van der Waals surface area contributed by atoms with E-state index in [0.717, 1.165) is 55.5 Å². The van der Waals surface area contributed by atoms with Crippen molar-refractivity contribution in [2.45, 2.75) is 76.5 Å². The molecule has 2 fully saturated rings. The lowest BCUT2D eigenvalue weighted by Gasteiger charge is -2.26. The van der Waals surface area contributed by atoms with Gasteiger partial charge in [-0.05, 0) is 70.4 Å². The highest BCUT2D eigenvalue weighted by atomic mass is 16.5. The number of hydrogen-bond donors (Lipinski definition) is 3. The third-order valence-electron chi connectivity index (χ3n) is 5.16. The molecule has 0 spiro atoms. The smallest absolute Gasteiger partial charge is 0.319 e. The molecule has 0 unspecified atom stereocenters. The molecule has 0 aliphatic heterocycles. The van der Waals surface area contributed by atoms with Crippen molar-refractivity contribution in [3.8, 4) is 5.75 Å². The summed E-state index contributed by atoms with van der Waals surface area (Å²) in [5, 5.41) is 15.5. The van der Waals surface area contributed by atoms with Gasteiger partial charge in [0.1, 0.15) is 5.75 Å². The average Bonchev–Trinajstić information content (AvgIpc) is 3.06. The summed E-state index contributed by atoms with van der Waals surface area (Å²) in [7, 11) is 0. The third kappa shape index (κ3) is 4.41. The van der Waals surface area contributed by atoms with Crippen LogP contribution in [0.4, 0.5) is 10.5 Å². The van der Waals surface area contributed by atoms with Crippen molar-refractivity contribution >= 4 is 11.7 Å². The van der Waals surface area contributed by atoms with Gasteiger partial charge >= 0.3 is 6.03 Å². The number of hydrogen-bond acceptors (Lipinski definition) is 3. The Morgan fingerprint density at radius 2 is 1.83 bits per heavy atom. The monoisotopic (exact) mass is 332 g/mol. The second-order valence-corrected chi connectivity index (χ2v) is 7.06. The van der Waals surface area contributed by atoms with Gasteiger partial charge in [0.15, 0.2) is 0 Å². The van der Waals surface area contributed by atoms with E-state index in [1.165, 1.54) is 12.8 Å². The van der Waals surface area contributed by atoms with Gasteiger partial charge in [-0.25, -0.2) is 4.79 Å². The van der Waals surface area contributed by atoms with E-state index in [4.69, 9.17) is 4.74 Å². The molecule has 0 heterocycles. The molecule has 132 valence electrons. The Labute approximate surface area is 143 Å². The maximum atomic E-state index is 12.2. The standard InChI is InChI=1S/C19H28N2O3/c1-13-17(7-4-8-18(13)24-16-5-2-3-6-16)21-19(23)20-14-9-11-15(22)12-10-14/h4,7-8,14-16,22H,2-3,5-6,9-12H2,1H3,(H2,20,21,23). The van der Waals surface area contributed by atoms with E-state index in [1.54, 1.807) is 0 Å². The van der Waals surface area contributed by atoms with Crippen molar-refractivity contribution in [3.05, 3.63) is 23.8 Å². The van der Waals surface area contributed by atoms with Gasteiger partial charge in [-0.15, -0.1) is 0 Å². The summed E-state index contributed by atoms with van der Waals surface area (Å²) in [4.78, 5) is 12.2. The van der Waals surface area contributed by atoms with Crippen LogP contribution >= 0.6 is 0 Å². The minimum absolute atomic E-state index is 0.145. The number of amides is 2. The Hall–Kier alpha value is -1.75. The number of benzene rings is 1. The largest absolute Gasteiger partial charge is 0.490 e. The molecule has 2 aliphatic carbocycles. The number of anilines is 1. The summed E-state index contributed by atoms with van der Waals surface area (Å²) in [5.41, 5.74) is 1.76. The Kier molecular flexibility index (Phi) is 5.61. The van der Waals surface area contributed by atoms with Gasteiger partial charge in [-0.2, -0.15) is 0 Å². The zero-order chi connectivity index (χ0) is 16.9. The summed E-state index contributed by atoms with van der Waals surface area (Å²) in [5.74, 6) is 0.862. The lowest BCUT2D eigenvalue weighted by atomic mass is 9.93. The van der Waals surface area contributed by atoms with E-state index in [0.29, 0.717) is 6.10 Å². The Morgan fingerprint density at radius 1 is 1.12 bits per heavy atom. The number of rotatable bonds is 4. The van der Waals surface area contributed by atoms with Crippen LogP contribution in [-0.2, 0) is 0 Å². The minimum atomic E-state index is -0.210. The van der Waals surface area contributed by atoms with Crippen LogP contribution < -0.4 is 15.4 Å². The van der Waals surface area contributed by atoms with E-state index >= 15 is 0 Å². The molecule has 2 aliphatic rings. The number of carbonyl (C=O) groups excluding carboxylic acids is 1. The minimum Gasteiger partial charge on any atom is -0.490 e. The summed E-state index contributed by atoms with van der Waals surface area (Å²) in [6, 6.07) is 5.76. The van der Waals surface area contributed by atoms with Gasteiger partial charge in [0.05, 0.1) is 12.2 Å². The zero-order valence-electron chi connectivity index (χ0n) is 14.4. The summed E-state index contributed by atoms with van der Waals surface area (Å²) >= 11 is 0. The lowest BCUT2D eigenvalue weighted by Crippen LogP contribution is -2.41. The number of aliphatic hydroxyl groups is 1. The first kappa shape index (κ1) is 17.1. The lowest BCUT2D eigenvalue weighted by molar-refractivity contribution is 0.118. The van der Waals surface area contributed by atoms with Crippen LogP contribution in [0.5, 0.6) is 5.75 Å². The SMILES string of the molecule is Cc1c(NC(=O)NC2CCC(O)CC2)cccc1OC1CCCC1. The molecule has 5 nitrogen and oxygen atoms in total. The predicted octanol–water partition coefficient (Wildman–Crippen LogP) is 3.74. The van der Waals surface area contributed by atoms with Crippen molar-refractivity contribution in [1.82, 2.24) is 5.32 Å². The topological polar surface area (TPSA) is 70.6 Å². The molecule has 24 heavy (non-hydrogen) atoms. The van der Waals surface area contributed by atoms with Crippen molar-refractivity contribution in [2.75, 3.05) is 5.32 Å². The fourth-order valence-corrected chi connectivity index (χ4v) is 3.63. The number of ether oxygens (including phenoxy) is 1. The number of urea groups is 1. The molecule has 0 aromatic heterocycles. The molecule has 2 amide bonds. The Bertz CT molecular complexity index is 562. The second kappa shape index (κ2) is 7.88. The van der Waals surface area contributed by atoms with Crippen molar-refractivity contribution in [2.24, 2.45) is 0 Å². The summed E-state index contributed by atoms with van der Waals surface area (Å²) in [6.07, 6.45) is 7.98. The molecule has 0 saturated heterocycles. The molecule has 2 saturated carbocycles. The maximum Gasteiger partial charge on any atom is 0.319 e. The normalized spacial score (nSPS) is 24.6. The van der Waals surface area contributed by atoms with E-state index in [9.17, 15) is 9.90 Å². The maximum absolute atomic E-state index is 12.2. The van der Waals surface area contributed by atoms with Gasteiger partial charge in [-0.1, -0.05) is 6.07 Å². The average molecular weight is 332 g/mol. The molecule has 0 radical (unpaired) electrons. The van der Waals surface area contributed by atoms with Crippen LogP contribution in [-0.4, -0.2) is 29.4 Å². The van der Waals surface area contributed by atoms with Crippen molar-refractivity contribution in [1.29, 1.82) is 0 Å². The quantitative estimate of drug-likeness (QED) is 0.786. The van der Waals surface area contributed by atoms with Gasteiger partial charge < -0.3 is 20.5 Å². The first-order valence-electron chi connectivity index (χ1n) is 9.13. The van der Waals surface area contributed by atoms with Gasteiger partial charge in [0, 0.05) is 17.3 Å². The van der Waals surface area contributed by atoms with E-state index in [2.05, 4.69) is 10.6 Å². The van der Waals surface area contributed by atoms with E-state index in [1.807, 2.05) is 25.1 Å². The molecule has 1 aromatic rings. The fraction of sp³-hybridized carbons (Fsp3) is 0.632. The van der Waals surface area contributed by atoms with Crippen LogP contribution in [0.15, 0.2) is 18.2 Å². The van der Waals surface area contributed by atoms with Crippen LogP contribution in [0.2, 0.25) is 0 Å². The highest BCUT2D eigenvalue weighted by Gasteiger charge is 2.21. The van der Waals surface area contributed by atoms with E-state index in [-0.39, 0.29) is 18.2 Å². The van der Waals surface area contributed by atoms with Crippen LogP contribution in [0.3, 0.4) is 0 Å². The number of carbonyl (C=O) groups is 1. The fourth-order valence-electron chi connectivity index (χ4n) is 3.63. The third-order valence-corrected chi connectivity index (χ3v) is 5.16. The van der Waals surface area contributed by atoms with Crippen LogP contribution in [0.1, 0.15) is 56.9 Å². The molecule has 0 bridgehead atoms. The highest BCUT2D eigenvalue weighted by molar-refractivity contribution is 5.90. The molecule has 1 aromatic carbocycles. The first-order chi connectivity index (χ1) is 11.6. The van der Waals surface area contributed by atoms with Crippen molar-refractivity contribution < 1.29 is 14.6 Å². The number of aliphatic hydroxyl groups excluding tert-OH is 1. The molecular weight excluding hydrogens is 304 g/mol.